The lowest BCUT2D eigenvalue weighted by Gasteiger charge is -2.33. The first-order valence-corrected chi connectivity index (χ1v) is 7.43. The fourth-order valence-corrected chi connectivity index (χ4v) is 3.55. The van der Waals surface area contributed by atoms with Crippen LogP contribution < -0.4 is 10.1 Å². The smallest absolute Gasteiger partial charge is 0.141 e. The van der Waals surface area contributed by atoms with Crippen molar-refractivity contribution >= 4 is 5.69 Å². The third-order valence-corrected chi connectivity index (χ3v) is 4.55. The van der Waals surface area contributed by atoms with Gasteiger partial charge in [-0.15, -0.1) is 0 Å². The van der Waals surface area contributed by atoms with Gasteiger partial charge in [-0.1, -0.05) is 12.5 Å². The van der Waals surface area contributed by atoms with Gasteiger partial charge in [0.15, 0.2) is 0 Å². The maximum atomic E-state index is 5.47. The number of fused-ring (bicyclic) bond motifs is 1. The van der Waals surface area contributed by atoms with E-state index in [1.807, 2.05) is 0 Å². The number of methoxy groups -OCH3 is 1. The zero-order valence-electron chi connectivity index (χ0n) is 12.0. The van der Waals surface area contributed by atoms with Gasteiger partial charge in [0.1, 0.15) is 5.75 Å². The highest BCUT2D eigenvalue weighted by Gasteiger charge is 2.35. The summed E-state index contributed by atoms with van der Waals surface area (Å²) in [6.07, 6.45) is 5.34. The van der Waals surface area contributed by atoms with E-state index >= 15 is 0 Å². The van der Waals surface area contributed by atoms with Crippen molar-refractivity contribution in [3.8, 4) is 5.75 Å². The third-order valence-electron chi connectivity index (χ3n) is 4.55. The number of hydrogen-bond donors (Lipinski definition) is 1. The zero-order valence-corrected chi connectivity index (χ0v) is 12.0. The quantitative estimate of drug-likeness (QED) is 0.904. The molecule has 2 unspecified atom stereocenters. The number of hydrogen-bond acceptors (Lipinski definition) is 3. The molecule has 2 aliphatic heterocycles. The van der Waals surface area contributed by atoms with Crippen LogP contribution in [0, 0.1) is 6.92 Å². The van der Waals surface area contributed by atoms with Crippen molar-refractivity contribution in [1.82, 2.24) is 4.90 Å². The van der Waals surface area contributed by atoms with Gasteiger partial charge < -0.3 is 10.1 Å². The average Bonchev–Trinajstić information content (AvgIpc) is 2.83. The predicted molar refractivity (Wildman–Crippen MR) is 79.0 cm³/mol. The number of ether oxygens (including phenoxy) is 1. The van der Waals surface area contributed by atoms with E-state index in [-0.39, 0.29) is 0 Å². The first kappa shape index (κ1) is 12.8. The molecule has 1 aromatic rings. The van der Waals surface area contributed by atoms with Crippen LogP contribution in [0.5, 0.6) is 5.75 Å². The minimum absolute atomic E-state index is 0.580. The lowest BCUT2D eigenvalue weighted by molar-refractivity contribution is 0.192. The Bertz CT molecular complexity index is 446. The van der Waals surface area contributed by atoms with Crippen molar-refractivity contribution in [3.63, 3.8) is 0 Å². The predicted octanol–water partition coefficient (Wildman–Crippen LogP) is 3.04. The van der Waals surface area contributed by atoms with E-state index in [0.717, 1.165) is 17.5 Å². The van der Waals surface area contributed by atoms with E-state index in [4.69, 9.17) is 4.74 Å². The van der Waals surface area contributed by atoms with Gasteiger partial charge in [0.25, 0.3) is 0 Å². The van der Waals surface area contributed by atoms with Gasteiger partial charge in [0, 0.05) is 18.6 Å². The molecular weight excluding hydrogens is 236 g/mol. The van der Waals surface area contributed by atoms with Gasteiger partial charge in [-0.2, -0.15) is 0 Å². The number of nitrogens with zero attached hydrogens (tertiary/aromatic N) is 1. The van der Waals surface area contributed by atoms with Gasteiger partial charge in [-0.05, 0) is 50.4 Å². The number of aryl methyl sites for hydroxylation is 1. The number of anilines is 1. The number of rotatable bonds is 3. The van der Waals surface area contributed by atoms with Gasteiger partial charge in [-0.25, -0.2) is 0 Å². The highest BCUT2D eigenvalue weighted by atomic mass is 16.5. The summed E-state index contributed by atoms with van der Waals surface area (Å²) in [7, 11) is 1.75. The third kappa shape index (κ3) is 2.57. The first-order valence-electron chi connectivity index (χ1n) is 7.43. The SMILES string of the molecule is COc1ccc(C)cc1NC1CCN2CCCCC12. The van der Waals surface area contributed by atoms with Crippen LogP contribution >= 0.6 is 0 Å². The molecule has 0 saturated carbocycles. The van der Waals surface area contributed by atoms with Crippen molar-refractivity contribution in [1.29, 1.82) is 0 Å². The van der Waals surface area contributed by atoms with Crippen LogP contribution in [0.2, 0.25) is 0 Å². The molecule has 2 heterocycles. The lowest BCUT2D eigenvalue weighted by Crippen LogP contribution is -2.41. The standard InChI is InChI=1S/C16H24N2O/c1-12-6-7-16(19-2)14(11-12)17-13-8-10-18-9-4-3-5-15(13)18/h6-7,11,13,15,17H,3-5,8-10H2,1-2H3. The molecule has 0 radical (unpaired) electrons. The zero-order chi connectivity index (χ0) is 13.2. The summed E-state index contributed by atoms with van der Waals surface area (Å²) in [6.45, 7) is 4.66. The van der Waals surface area contributed by atoms with Gasteiger partial charge in [0.05, 0.1) is 12.8 Å². The molecule has 2 saturated heterocycles. The molecule has 19 heavy (non-hydrogen) atoms. The minimum Gasteiger partial charge on any atom is -0.495 e. The van der Waals surface area contributed by atoms with Crippen LogP contribution in [0.1, 0.15) is 31.2 Å². The first-order chi connectivity index (χ1) is 9.28. The van der Waals surface area contributed by atoms with Gasteiger partial charge >= 0.3 is 0 Å². The van der Waals surface area contributed by atoms with Gasteiger partial charge in [-0.3, -0.25) is 4.90 Å². The van der Waals surface area contributed by atoms with E-state index < -0.39 is 0 Å². The van der Waals surface area contributed by atoms with E-state index in [1.54, 1.807) is 7.11 Å². The molecule has 3 nitrogen and oxygen atoms in total. The molecular formula is C16H24N2O. The summed E-state index contributed by atoms with van der Waals surface area (Å²) in [5.74, 6) is 0.958. The summed E-state index contributed by atoms with van der Waals surface area (Å²) in [6, 6.07) is 7.66. The Morgan fingerprint density at radius 3 is 2.95 bits per heavy atom. The van der Waals surface area contributed by atoms with Crippen LogP contribution in [0.15, 0.2) is 18.2 Å². The van der Waals surface area contributed by atoms with Crippen molar-refractivity contribution in [2.24, 2.45) is 0 Å². The van der Waals surface area contributed by atoms with Crippen LogP contribution in [-0.2, 0) is 0 Å². The molecule has 2 aliphatic rings. The molecule has 0 spiro atoms. The maximum Gasteiger partial charge on any atom is 0.141 e. The fourth-order valence-electron chi connectivity index (χ4n) is 3.55. The molecule has 104 valence electrons. The maximum absolute atomic E-state index is 5.47. The molecule has 1 aromatic carbocycles. The molecule has 2 atom stereocenters. The van der Waals surface area contributed by atoms with Crippen molar-refractivity contribution in [3.05, 3.63) is 23.8 Å². The van der Waals surface area contributed by atoms with Crippen molar-refractivity contribution < 1.29 is 4.74 Å². The van der Waals surface area contributed by atoms with Crippen LogP contribution in [0.25, 0.3) is 0 Å². The molecule has 2 fully saturated rings. The molecule has 0 aromatic heterocycles. The minimum atomic E-state index is 0.580. The Morgan fingerprint density at radius 2 is 2.11 bits per heavy atom. The summed E-state index contributed by atoms with van der Waals surface area (Å²) in [5.41, 5.74) is 2.43. The Balaban J connectivity index is 1.76. The Hall–Kier alpha value is -1.22. The molecule has 0 bridgehead atoms. The topological polar surface area (TPSA) is 24.5 Å². The second kappa shape index (κ2) is 5.41. The van der Waals surface area contributed by atoms with Crippen LogP contribution in [-0.4, -0.2) is 37.2 Å². The molecule has 3 heteroatoms. The Kier molecular flexibility index (Phi) is 3.65. The lowest BCUT2D eigenvalue weighted by atomic mass is 9.98. The van der Waals surface area contributed by atoms with E-state index in [0.29, 0.717) is 6.04 Å². The summed E-state index contributed by atoms with van der Waals surface area (Å²) < 4.78 is 5.47. The molecule has 1 N–H and O–H groups in total. The molecule has 3 rings (SSSR count). The molecule has 0 amide bonds. The van der Waals surface area contributed by atoms with E-state index in [1.165, 1.54) is 44.3 Å². The fraction of sp³-hybridized carbons (Fsp3) is 0.625. The summed E-state index contributed by atoms with van der Waals surface area (Å²) in [5, 5.41) is 3.73. The van der Waals surface area contributed by atoms with Crippen molar-refractivity contribution in [2.75, 3.05) is 25.5 Å². The second-order valence-electron chi connectivity index (χ2n) is 5.84. The number of piperidine rings is 1. The second-order valence-corrected chi connectivity index (χ2v) is 5.84. The summed E-state index contributed by atoms with van der Waals surface area (Å²) >= 11 is 0. The average molecular weight is 260 g/mol. The Morgan fingerprint density at radius 1 is 1.21 bits per heavy atom. The largest absolute Gasteiger partial charge is 0.495 e. The highest BCUT2D eigenvalue weighted by Crippen LogP contribution is 2.32. The van der Waals surface area contributed by atoms with E-state index in [2.05, 4.69) is 35.3 Å². The normalized spacial score (nSPS) is 27.1. The van der Waals surface area contributed by atoms with Crippen LogP contribution in [0.3, 0.4) is 0 Å². The Labute approximate surface area is 115 Å². The number of benzene rings is 1. The summed E-state index contributed by atoms with van der Waals surface area (Å²) in [4.78, 5) is 2.66. The monoisotopic (exact) mass is 260 g/mol. The van der Waals surface area contributed by atoms with E-state index in [9.17, 15) is 0 Å². The van der Waals surface area contributed by atoms with Crippen molar-refractivity contribution in [2.45, 2.75) is 44.7 Å². The van der Waals surface area contributed by atoms with Gasteiger partial charge in [0.2, 0.25) is 0 Å². The van der Waals surface area contributed by atoms with Crippen LogP contribution in [0.4, 0.5) is 5.69 Å². The number of nitrogens with one attached hydrogen (secondary N) is 1. The highest BCUT2D eigenvalue weighted by molar-refractivity contribution is 5.58. The molecule has 0 aliphatic carbocycles.